The SMILES string of the molecule is Cc1cccc2c1OC/C=C\C(c1ccc([N+](=O)[O-])cc1)=C/2. The van der Waals surface area contributed by atoms with Crippen LogP contribution in [0.2, 0.25) is 0 Å². The summed E-state index contributed by atoms with van der Waals surface area (Å²) in [5, 5.41) is 10.8. The molecule has 4 heteroatoms. The number of benzene rings is 2. The topological polar surface area (TPSA) is 52.4 Å². The number of allylic oxidation sites excluding steroid dienone is 2. The molecule has 0 atom stereocenters. The van der Waals surface area contributed by atoms with Crippen LogP contribution in [-0.4, -0.2) is 11.5 Å². The summed E-state index contributed by atoms with van der Waals surface area (Å²) < 4.78 is 5.77. The Labute approximate surface area is 128 Å². The lowest BCUT2D eigenvalue weighted by molar-refractivity contribution is -0.384. The van der Waals surface area contributed by atoms with Crippen molar-refractivity contribution in [2.24, 2.45) is 0 Å². The molecule has 1 aliphatic rings. The third kappa shape index (κ3) is 2.76. The van der Waals surface area contributed by atoms with Gasteiger partial charge in [0.15, 0.2) is 0 Å². The number of fused-ring (bicyclic) bond motifs is 1. The van der Waals surface area contributed by atoms with Crippen molar-refractivity contribution in [1.29, 1.82) is 0 Å². The van der Waals surface area contributed by atoms with Gasteiger partial charge in [-0.25, -0.2) is 0 Å². The van der Waals surface area contributed by atoms with Gasteiger partial charge >= 0.3 is 0 Å². The van der Waals surface area contributed by atoms with Crippen molar-refractivity contribution in [2.75, 3.05) is 6.61 Å². The molecule has 2 aromatic carbocycles. The van der Waals surface area contributed by atoms with Gasteiger partial charge in [-0.05, 0) is 47.9 Å². The molecule has 0 radical (unpaired) electrons. The number of para-hydroxylation sites is 1. The number of non-ortho nitro benzene ring substituents is 1. The van der Waals surface area contributed by atoms with Gasteiger partial charge in [0.25, 0.3) is 5.69 Å². The van der Waals surface area contributed by atoms with Gasteiger partial charge in [0.05, 0.1) is 4.92 Å². The number of hydrogen-bond donors (Lipinski definition) is 0. The normalized spacial score (nSPS) is 17.2. The van der Waals surface area contributed by atoms with Gasteiger partial charge in [0.2, 0.25) is 0 Å². The Balaban J connectivity index is 2.05. The van der Waals surface area contributed by atoms with Gasteiger partial charge in [-0.1, -0.05) is 24.3 Å². The zero-order chi connectivity index (χ0) is 15.5. The van der Waals surface area contributed by atoms with Crippen LogP contribution in [0.3, 0.4) is 0 Å². The van der Waals surface area contributed by atoms with Crippen LogP contribution in [0.25, 0.3) is 11.6 Å². The van der Waals surface area contributed by atoms with Crippen molar-refractivity contribution in [3.05, 3.63) is 81.4 Å². The highest BCUT2D eigenvalue weighted by Crippen LogP contribution is 2.30. The molecule has 22 heavy (non-hydrogen) atoms. The van der Waals surface area contributed by atoms with Crippen LogP contribution in [0.15, 0.2) is 54.6 Å². The Morgan fingerprint density at radius 2 is 1.91 bits per heavy atom. The fourth-order valence-electron chi connectivity index (χ4n) is 2.46. The highest BCUT2D eigenvalue weighted by Gasteiger charge is 2.10. The monoisotopic (exact) mass is 293 g/mol. The Kier molecular flexibility index (Phi) is 3.74. The zero-order valence-electron chi connectivity index (χ0n) is 12.2. The summed E-state index contributed by atoms with van der Waals surface area (Å²) >= 11 is 0. The third-order valence-electron chi connectivity index (χ3n) is 3.59. The molecule has 0 fully saturated rings. The molecule has 0 unspecified atom stereocenters. The number of rotatable bonds is 2. The molecule has 0 N–H and O–H groups in total. The van der Waals surface area contributed by atoms with Crippen LogP contribution < -0.4 is 4.74 Å². The van der Waals surface area contributed by atoms with Gasteiger partial charge < -0.3 is 4.74 Å². The van der Waals surface area contributed by atoms with E-state index in [4.69, 9.17) is 4.74 Å². The Hall–Kier alpha value is -2.88. The van der Waals surface area contributed by atoms with E-state index in [1.165, 1.54) is 12.1 Å². The van der Waals surface area contributed by atoms with Crippen molar-refractivity contribution in [3.63, 3.8) is 0 Å². The molecular weight excluding hydrogens is 278 g/mol. The van der Waals surface area contributed by atoms with Gasteiger partial charge in [-0.15, -0.1) is 0 Å². The van der Waals surface area contributed by atoms with Crippen molar-refractivity contribution >= 4 is 17.3 Å². The molecule has 0 bridgehead atoms. The van der Waals surface area contributed by atoms with E-state index in [1.807, 2.05) is 43.4 Å². The van der Waals surface area contributed by atoms with Crippen LogP contribution in [0.5, 0.6) is 5.75 Å². The number of aryl methyl sites for hydroxylation is 1. The molecule has 2 aromatic rings. The van der Waals surface area contributed by atoms with Crippen molar-refractivity contribution < 1.29 is 9.66 Å². The maximum absolute atomic E-state index is 10.8. The van der Waals surface area contributed by atoms with Gasteiger partial charge in [0, 0.05) is 17.7 Å². The molecule has 3 rings (SSSR count). The zero-order valence-corrected chi connectivity index (χ0v) is 12.2. The fraction of sp³-hybridized carbons (Fsp3) is 0.111. The summed E-state index contributed by atoms with van der Waals surface area (Å²) in [6.45, 7) is 2.52. The highest BCUT2D eigenvalue weighted by atomic mass is 16.6. The Morgan fingerprint density at radius 1 is 1.14 bits per heavy atom. The number of nitro benzene ring substituents is 1. The standard InChI is InChI=1S/C18H15NO3/c1-13-4-2-5-16-12-15(6-3-11-22-18(13)16)14-7-9-17(10-8-14)19(20)21/h2-10,12H,11H2,1H3/b6-3-,15-12+. The number of nitrogens with zero attached hydrogens (tertiary/aromatic N) is 1. The van der Waals surface area contributed by atoms with E-state index in [0.717, 1.165) is 28.0 Å². The molecule has 0 aromatic heterocycles. The van der Waals surface area contributed by atoms with Crippen LogP contribution in [0.1, 0.15) is 16.7 Å². The summed E-state index contributed by atoms with van der Waals surface area (Å²) in [6.07, 6.45) is 5.97. The molecule has 0 amide bonds. The average molecular weight is 293 g/mol. The number of hydrogen-bond acceptors (Lipinski definition) is 3. The molecule has 4 nitrogen and oxygen atoms in total. The van der Waals surface area contributed by atoms with Crippen LogP contribution in [0.4, 0.5) is 5.69 Å². The quantitative estimate of drug-likeness (QED) is 0.609. The first kappa shape index (κ1) is 14.1. The second-order valence-electron chi connectivity index (χ2n) is 5.11. The summed E-state index contributed by atoms with van der Waals surface area (Å²) in [7, 11) is 0. The minimum absolute atomic E-state index is 0.0961. The first-order chi connectivity index (χ1) is 10.6. The van der Waals surface area contributed by atoms with Gasteiger partial charge in [-0.2, -0.15) is 0 Å². The van der Waals surface area contributed by atoms with Crippen LogP contribution in [0, 0.1) is 17.0 Å². The van der Waals surface area contributed by atoms with Gasteiger partial charge in [0.1, 0.15) is 12.4 Å². The number of ether oxygens (including phenoxy) is 1. The maximum Gasteiger partial charge on any atom is 0.269 e. The Morgan fingerprint density at radius 3 is 2.64 bits per heavy atom. The van der Waals surface area contributed by atoms with E-state index in [1.54, 1.807) is 12.1 Å². The average Bonchev–Trinajstić information content (AvgIpc) is 2.49. The maximum atomic E-state index is 10.8. The highest BCUT2D eigenvalue weighted by molar-refractivity contribution is 5.89. The lowest BCUT2D eigenvalue weighted by Crippen LogP contribution is -2.00. The first-order valence-electron chi connectivity index (χ1n) is 7.00. The first-order valence-corrected chi connectivity index (χ1v) is 7.00. The molecule has 110 valence electrons. The van der Waals surface area contributed by atoms with Gasteiger partial charge in [-0.3, -0.25) is 10.1 Å². The summed E-state index contributed by atoms with van der Waals surface area (Å²) in [5.74, 6) is 0.881. The molecule has 0 aliphatic carbocycles. The Bertz CT molecular complexity index is 773. The predicted octanol–water partition coefficient (Wildman–Crippen LogP) is 4.39. The minimum Gasteiger partial charge on any atom is -0.489 e. The lowest BCUT2D eigenvalue weighted by atomic mass is 9.99. The summed E-state index contributed by atoms with van der Waals surface area (Å²) in [6, 6.07) is 12.6. The molecule has 1 heterocycles. The molecule has 0 spiro atoms. The fourth-order valence-corrected chi connectivity index (χ4v) is 2.46. The summed E-state index contributed by atoms with van der Waals surface area (Å²) in [5.41, 5.74) is 4.14. The third-order valence-corrected chi connectivity index (χ3v) is 3.59. The molecule has 1 aliphatic heterocycles. The van der Waals surface area contributed by atoms with E-state index in [2.05, 4.69) is 0 Å². The lowest BCUT2D eigenvalue weighted by Gasteiger charge is -2.14. The predicted molar refractivity (Wildman–Crippen MR) is 86.8 cm³/mol. The van der Waals surface area contributed by atoms with E-state index in [-0.39, 0.29) is 5.69 Å². The second kappa shape index (κ2) is 5.85. The van der Waals surface area contributed by atoms with Crippen LogP contribution in [-0.2, 0) is 0 Å². The minimum atomic E-state index is -0.390. The largest absolute Gasteiger partial charge is 0.489 e. The molecular formula is C18H15NO3. The smallest absolute Gasteiger partial charge is 0.269 e. The van der Waals surface area contributed by atoms with E-state index >= 15 is 0 Å². The summed E-state index contributed by atoms with van der Waals surface area (Å²) in [4.78, 5) is 10.4. The van der Waals surface area contributed by atoms with Crippen molar-refractivity contribution in [3.8, 4) is 5.75 Å². The molecule has 0 saturated carbocycles. The van der Waals surface area contributed by atoms with E-state index < -0.39 is 4.92 Å². The van der Waals surface area contributed by atoms with Crippen molar-refractivity contribution in [2.45, 2.75) is 6.92 Å². The number of nitro groups is 1. The van der Waals surface area contributed by atoms with E-state index in [0.29, 0.717) is 6.61 Å². The molecule has 0 saturated heterocycles. The van der Waals surface area contributed by atoms with E-state index in [9.17, 15) is 10.1 Å². The second-order valence-corrected chi connectivity index (χ2v) is 5.11. The van der Waals surface area contributed by atoms with Crippen LogP contribution >= 0.6 is 0 Å². The van der Waals surface area contributed by atoms with Crippen molar-refractivity contribution in [1.82, 2.24) is 0 Å².